The van der Waals surface area contributed by atoms with Gasteiger partial charge >= 0.3 is 0 Å². The second kappa shape index (κ2) is 4.11. The number of aromatic nitrogens is 1. The minimum absolute atomic E-state index is 0.0335. The van der Waals surface area contributed by atoms with Gasteiger partial charge in [0, 0.05) is 17.3 Å². The van der Waals surface area contributed by atoms with Crippen LogP contribution >= 0.6 is 27.5 Å². The number of alkyl halides is 2. The van der Waals surface area contributed by atoms with Gasteiger partial charge in [-0.25, -0.2) is 13.8 Å². The van der Waals surface area contributed by atoms with Crippen LogP contribution in [0.15, 0.2) is 10.7 Å². The number of aldehydes is 1. The number of hydrogen-bond acceptors (Lipinski definition) is 2. The van der Waals surface area contributed by atoms with Crippen molar-refractivity contribution in [1.29, 1.82) is 0 Å². The Morgan fingerprint density at radius 3 is 2.69 bits per heavy atom. The highest BCUT2D eigenvalue weighted by molar-refractivity contribution is 9.10. The molecule has 1 rings (SSSR count). The van der Waals surface area contributed by atoms with E-state index in [0.29, 0.717) is 6.29 Å². The van der Waals surface area contributed by atoms with E-state index >= 15 is 0 Å². The van der Waals surface area contributed by atoms with Crippen LogP contribution in [0.3, 0.4) is 0 Å². The fourth-order valence-corrected chi connectivity index (χ4v) is 1.46. The predicted molar refractivity (Wildman–Crippen MR) is 47.3 cm³/mol. The maximum absolute atomic E-state index is 12.4. The predicted octanol–water partition coefficient (Wildman–Crippen LogP) is 3.25. The van der Waals surface area contributed by atoms with Crippen molar-refractivity contribution in [2.45, 2.75) is 6.43 Å². The van der Waals surface area contributed by atoms with Crippen LogP contribution in [0.1, 0.15) is 22.3 Å². The number of carbonyl (C=O) groups is 1. The second-order valence-electron chi connectivity index (χ2n) is 2.15. The molecule has 0 fully saturated rings. The van der Waals surface area contributed by atoms with Gasteiger partial charge in [0.15, 0.2) is 6.29 Å². The summed E-state index contributed by atoms with van der Waals surface area (Å²) in [6.07, 6.45) is -1.42. The number of halogens is 4. The molecule has 1 aromatic rings. The van der Waals surface area contributed by atoms with Crippen molar-refractivity contribution in [3.63, 3.8) is 0 Å². The summed E-state index contributed by atoms with van der Waals surface area (Å²) in [6, 6.07) is 0. The topological polar surface area (TPSA) is 30.0 Å². The van der Waals surface area contributed by atoms with E-state index in [-0.39, 0.29) is 15.2 Å². The van der Waals surface area contributed by atoms with Crippen LogP contribution < -0.4 is 0 Å². The molecule has 13 heavy (non-hydrogen) atoms. The maximum Gasteiger partial charge on any atom is 0.265 e. The standard InChI is InChI=1S/C7H3BrClF2NO/c8-5-4(7(10)11)3(2-13)1-12-6(5)9/h1-2,7H. The van der Waals surface area contributed by atoms with Crippen molar-refractivity contribution < 1.29 is 13.6 Å². The van der Waals surface area contributed by atoms with E-state index < -0.39 is 12.0 Å². The van der Waals surface area contributed by atoms with Crippen LogP contribution in [0.2, 0.25) is 5.15 Å². The molecular formula is C7H3BrClF2NO. The van der Waals surface area contributed by atoms with Gasteiger partial charge < -0.3 is 0 Å². The fourth-order valence-electron chi connectivity index (χ4n) is 0.806. The number of carbonyl (C=O) groups excluding carboxylic acids is 1. The molecule has 0 aliphatic carbocycles. The summed E-state index contributed by atoms with van der Waals surface area (Å²) >= 11 is 8.32. The molecule has 0 aliphatic rings. The van der Waals surface area contributed by atoms with Crippen LogP contribution in [-0.2, 0) is 0 Å². The highest BCUT2D eigenvalue weighted by Gasteiger charge is 2.19. The SMILES string of the molecule is O=Cc1cnc(Cl)c(Br)c1C(F)F. The van der Waals surface area contributed by atoms with E-state index in [9.17, 15) is 13.6 Å². The van der Waals surface area contributed by atoms with Crippen molar-refractivity contribution in [2.75, 3.05) is 0 Å². The van der Waals surface area contributed by atoms with Gasteiger partial charge in [0.2, 0.25) is 0 Å². The first-order chi connectivity index (χ1) is 6.07. The van der Waals surface area contributed by atoms with Crippen molar-refractivity contribution in [3.8, 4) is 0 Å². The second-order valence-corrected chi connectivity index (χ2v) is 3.30. The van der Waals surface area contributed by atoms with Gasteiger partial charge in [-0.05, 0) is 15.9 Å². The summed E-state index contributed by atoms with van der Waals surface area (Å²) in [5, 5.41) is -0.0825. The molecule has 6 heteroatoms. The average molecular weight is 270 g/mol. The Bertz CT molecular complexity index is 346. The van der Waals surface area contributed by atoms with Crippen LogP contribution in [-0.4, -0.2) is 11.3 Å². The van der Waals surface area contributed by atoms with Gasteiger partial charge in [0.25, 0.3) is 6.43 Å². The largest absolute Gasteiger partial charge is 0.298 e. The van der Waals surface area contributed by atoms with Crippen molar-refractivity contribution in [3.05, 3.63) is 26.9 Å². The molecular weight excluding hydrogens is 267 g/mol. The first-order valence-electron chi connectivity index (χ1n) is 3.15. The fraction of sp³-hybridized carbons (Fsp3) is 0.143. The smallest absolute Gasteiger partial charge is 0.265 e. The summed E-state index contributed by atoms with van der Waals surface area (Å²) in [7, 11) is 0. The molecule has 0 amide bonds. The molecule has 0 radical (unpaired) electrons. The molecule has 0 atom stereocenters. The molecule has 1 aromatic heterocycles. The Morgan fingerprint density at radius 2 is 2.23 bits per heavy atom. The maximum atomic E-state index is 12.4. The van der Waals surface area contributed by atoms with Gasteiger partial charge in [-0.15, -0.1) is 0 Å². The van der Waals surface area contributed by atoms with E-state index in [1.54, 1.807) is 0 Å². The van der Waals surface area contributed by atoms with E-state index in [0.717, 1.165) is 6.20 Å². The summed E-state index contributed by atoms with van der Waals surface area (Å²) in [5.41, 5.74) is -0.582. The number of hydrogen-bond donors (Lipinski definition) is 0. The van der Waals surface area contributed by atoms with Gasteiger partial charge in [-0.3, -0.25) is 4.79 Å². The van der Waals surface area contributed by atoms with Gasteiger partial charge in [0.05, 0.1) is 4.47 Å². The molecule has 0 saturated heterocycles. The number of nitrogens with zero attached hydrogens (tertiary/aromatic N) is 1. The zero-order chi connectivity index (χ0) is 10.0. The molecule has 0 saturated carbocycles. The normalized spacial score (nSPS) is 10.5. The van der Waals surface area contributed by atoms with Crippen LogP contribution in [0.5, 0.6) is 0 Å². The van der Waals surface area contributed by atoms with E-state index in [1.165, 1.54) is 0 Å². The van der Waals surface area contributed by atoms with Crippen molar-refractivity contribution >= 4 is 33.8 Å². The minimum atomic E-state index is -2.75. The van der Waals surface area contributed by atoms with E-state index in [2.05, 4.69) is 20.9 Å². The van der Waals surface area contributed by atoms with E-state index in [4.69, 9.17) is 11.6 Å². The summed E-state index contributed by atoms with van der Waals surface area (Å²) in [4.78, 5) is 13.9. The molecule has 0 spiro atoms. The summed E-state index contributed by atoms with van der Waals surface area (Å²) in [5.74, 6) is 0. The Labute approximate surface area is 86.0 Å². The lowest BCUT2D eigenvalue weighted by Crippen LogP contribution is -1.97. The molecule has 2 nitrogen and oxygen atoms in total. The first-order valence-corrected chi connectivity index (χ1v) is 4.32. The average Bonchev–Trinajstić information content (AvgIpc) is 2.08. The molecule has 1 heterocycles. The van der Waals surface area contributed by atoms with Crippen molar-refractivity contribution in [2.24, 2.45) is 0 Å². The van der Waals surface area contributed by atoms with Crippen LogP contribution in [0.4, 0.5) is 8.78 Å². The molecule has 0 N–H and O–H groups in total. The Morgan fingerprint density at radius 1 is 1.62 bits per heavy atom. The third-order valence-electron chi connectivity index (χ3n) is 1.39. The quantitative estimate of drug-likeness (QED) is 0.610. The zero-order valence-electron chi connectivity index (χ0n) is 6.10. The zero-order valence-corrected chi connectivity index (χ0v) is 8.44. The summed E-state index contributed by atoms with van der Waals surface area (Å²) < 4.78 is 24.7. The van der Waals surface area contributed by atoms with Crippen molar-refractivity contribution in [1.82, 2.24) is 4.98 Å². The Kier molecular flexibility index (Phi) is 3.33. The molecule has 70 valence electrons. The lowest BCUT2D eigenvalue weighted by Gasteiger charge is -2.06. The lowest BCUT2D eigenvalue weighted by atomic mass is 10.2. The lowest BCUT2D eigenvalue weighted by molar-refractivity contribution is 0.110. The number of pyridine rings is 1. The molecule has 0 aromatic carbocycles. The highest BCUT2D eigenvalue weighted by Crippen LogP contribution is 2.33. The van der Waals surface area contributed by atoms with E-state index in [1.807, 2.05) is 0 Å². The highest BCUT2D eigenvalue weighted by atomic mass is 79.9. The van der Waals surface area contributed by atoms with Gasteiger partial charge in [-0.2, -0.15) is 0 Å². The van der Waals surface area contributed by atoms with Gasteiger partial charge in [-0.1, -0.05) is 11.6 Å². The Balaban J connectivity index is 3.41. The Hall–Kier alpha value is -0.550. The van der Waals surface area contributed by atoms with Gasteiger partial charge in [0.1, 0.15) is 5.15 Å². The molecule has 0 unspecified atom stereocenters. The molecule has 0 aliphatic heterocycles. The third-order valence-corrected chi connectivity index (χ3v) is 2.71. The monoisotopic (exact) mass is 269 g/mol. The van der Waals surface area contributed by atoms with Crippen LogP contribution in [0.25, 0.3) is 0 Å². The third kappa shape index (κ3) is 2.03. The minimum Gasteiger partial charge on any atom is -0.298 e. The first kappa shape index (κ1) is 10.5. The van der Waals surface area contributed by atoms with Crippen LogP contribution in [0, 0.1) is 0 Å². The summed E-state index contributed by atoms with van der Waals surface area (Å²) in [6.45, 7) is 0. The molecule has 0 bridgehead atoms. The number of rotatable bonds is 2.